The lowest BCUT2D eigenvalue weighted by atomic mass is 10.1. The smallest absolute Gasteiger partial charge is 0.251 e. The van der Waals surface area contributed by atoms with Gasteiger partial charge in [0, 0.05) is 15.2 Å². The predicted molar refractivity (Wildman–Crippen MR) is 90.9 cm³/mol. The van der Waals surface area contributed by atoms with Gasteiger partial charge < -0.3 is 5.32 Å². The number of benzene rings is 2. The first kappa shape index (κ1) is 15.0. The molecule has 0 fully saturated rings. The highest BCUT2D eigenvalue weighted by molar-refractivity contribution is 14.1. The Morgan fingerprint density at radius 3 is 2.60 bits per heavy atom. The normalized spacial score (nSPS) is 11.9. The molecule has 0 aliphatic heterocycles. The highest BCUT2D eigenvalue weighted by atomic mass is 127. The van der Waals surface area contributed by atoms with Crippen LogP contribution in [0.15, 0.2) is 54.6 Å². The van der Waals surface area contributed by atoms with E-state index in [4.69, 9.17) is 0 Å². The second-order valence-corrected chi connectivity index (χ2v) is 6.15. The second-order valence-electron chi connectivity index (χ2n) is 4.91. The van der Waals surface area contributed by atoms with Gasteiger partial charge in [-0.15, -0.1) is 0 Å². The molecule has 0 saturated heterocycles. The number of rotatable bonds is 5. The second kappa shape index (κ2) is 7.43. The Hall–Kier alpha value is -1.36. The molecule has 20 heavy (non-hydrogen) atoms. The Balaban J connectivity index is 1.85. The van der Waals surface area contributed by atoms with Gasteiger partial charge in [0.05, 0.1) is 0 Å². The van der Waals surface area contributed by atoms with Crippen LogP contribution in [0.5, 0.6) is 0 Å². The standard InChI is InChI=1S/C17H18INO/c1-13(10-11-14-6-3-2-4-7-14)19-17(20)15-8-5-9-16(18)12-15/h2-9,12-13H,10-11H2,1H3,(H,19,20). The molecular formula is C17H18INO. The van der Waals surface area contributed by atoms with Gasteiger partial charge in [-0.3, -0.25) is 4.79 Å². The number of hydrogen-bond acceptors (Lipinski definition) is 1. The van der Waals surface area contributed by atoms with Gasteiger partial charge in [-0.1, -0.05) is 36.4 Å². The van der Waals surface area contributed by atoms with Crippen LogP contribution in [-0.2, 0) is 6.42 Å². The van der Waals surface area contributed by atoms with Crippen molar-refractivity contribution in [3.05, 3.63) is 69.3 Å². The van der Waals surface area contributed by atoms with Crippen molar-refractivity contribution >= 4 is 28.5 Å². The predicted octanol–water partition coefficient (Wildman–Crippen LogP) is 4.04. The summed E-state index contributed by atoms with van der Waals surface area (Å²) in [5.74, 6) is 0.00378. The van der Waals surface area contributed by atoms with E-state index in [0.29, 0.717) is 0 Å². The number of carbonyl (C=O) groups is 1. The Labute approximate surface area is 133 Å². The van der Waals surface area contributed by atoms with Crippen LogP contribution >= 0.6 is 22.6 Å². The molecule has 3 heteroatoms. The number of aryl methyl sites for hydroxylation is 1. The van der Waals surface area contributed by atoms with Crippen LogP contribution in [0.4, 0.5) is 0 Å². The van der Waals surface area contributed by atoms with Crippen molar-refractivity contribution in [2.75, 3.05) is 0 Å². The molecule has 1 atom stereocenters. The Kier molecular flexibility index (Phi) is 5.59. The molecule has 0 radical (unpaired) electrons. The van der Waals surface area contributed by atoms with Gasteiger partial charge >= 0.3 is 0 Å². The molecule has 0 aromatic heterocycles. The third-order valence-corrected chi connectivity index (χ3v) is 3.84. The average Bonchev–Trinajstić information content (AvgIpc) is 2.46. The number of carbonyl (C=O) groups excluding carboxylic acids is 1. The molecule has 1 amide bonds. The van der Waals surface area contributed by atoms with Crippen LogP contribution in [0.3, 0.4) is 0 Å². The topological polar surface area (TPSA) is 29.1 Å². The maximum Gasteiger partial charge on any atom is 0.251 e. The van der Waals surface area contributed by atoms with Crippen LogP contribution in [0.25, 0.3) is 0 Å². The van der Waals surface area contributed by atoms with Crippen LogP contribution in [0, 0.1) is 3.57 Å². The lowest BCUT2D eigenvalue weighted by molar-refractivity contribution is 0.0938. The fourth-order valence-corrected chi connectivity index (χ4v) is 2.58. The molecule has 0 aliphatic carbocycles. The molecule has 0 bridgehead atoms. The van der Waals surface area contributed by atoms with Crippen molar-refractivity contribution in [3.8, 4) is 0 Å². The van der Waals surface area contributed by atoms with E-state index in [1.165, 1.54) is 5.56 Å². The van der Waals surface area contributed by atoms with Crippen molar-refractivity contribution in [1.82, 2.24) is 5.32 Å². The van der Waals surface area contributed by atoms with E-state index in [9.17, 15) is 4.79 Å². The Bertz CT molecular complexity index is 568. The zero-order valence-corrected chi connectivity index (χ0v) is 13.6. The van der Waals surface area contributed by atoms with Crippen LogP contribution in [-0.4, -0.2) is 11.9 Å². The van der Waals surface area contributed by atoms with E-state index in [1.807, 2.05) is 42.5 Å². The van der Waals surface area contributed by atoms with Gasteiger partial charge in [0.15, 0.2) is 0 Å². The largest absolute Gasteiger partial charge is 0.350 e. The fraction of sp³-hybridized carbons (Fsp3) is 0.235. The van der Waals surface area contributed by atoms with Crippen molar-refractivity contribution in [1.29, 1.82) is 0 Å². The van der Waals surface area contributed by atoms with Gasteiger partial charge in [0.25, 0.3) is 5.91 Å². The molecule has 0 aliphatic rings. The van der Waals surface area contributed by atoms with E-state index in [1.54, 1.807) is 0 Å². The summed E-state index contributed by atoms with van der Waals surface area (Å²) in [6.07, 6.45) is 1.92. The first-order chi connectivity index (χ1) is 9.65. The number of amides is 1. The lowest BCUT2D eigenvalue weighted by Crippen LogP contribution is -2.32. The van der Waals surface area contributed by atoms with E-state index < -0.39 is 0 Å². The number of hydrogen-bond donors (Lipinski definition) is 1. The first-order valence-corrected chi connectivity index (χ1v) is 7.83. The minimum atomic E-state index is 0.00378. The van der Waals surface area contributed by atoms with Gasteiger partial charge in [-0.05, 0) is 66.1 Å². The molecule has 2 rings (SSSR count). The highest BCUT2D eigenvalue weighted by Gasteiger charge is 2.09. The molecule has 2 nitrogen and oxygen atoms in total. The molecule has 0 saturated carbocycles. The molecule has 1 N–H and O–H groups in total. The van der Waals surface area contributed by atoms with E-state index in [2.05, 4.69) is 47.0 Å². The molecule has 0 heterocycles. The molecule has 2 aromatic carbocycles. The van der Waals surface area contributed by atoms with Crippen molar-refractivity contribution in [3.63, 3.8) is 0 Å². The summed E-state index contributed by atoms with van der Waals surface area (Å²) in [5, 5.41) is 3.05. The first-order valence-electron chi connectivity index (χ1n) is 6.75. The van der Waals surface area contributed by atoms with Crippen LogP contribution < -0.4 is 5.32 Å². The summed E-state index contributed by atoms with van der Waals surface area (Å²) in [7, 11) is 0. The summed E-state index contributed by atoms with van der Waals surface area (Å²) >= 11 is 2.22. The molecule has 0 spiro atoms. The maximum atomic E-state index is 12.1. The summed E-state index contributed by atoms with van der Waals surface area (Å²) in [5.41, 5.74) is 2.03. The van der Waals surface area contributed by atoms with Crippen molar-refractivity contribution < 1.29 is 4.79 Å². The van der Waals surface area contributed by atoms with E-state index >= 15 is 0 Å². The average molecular weight is 379 g/mol. The number of nitrogens with one attached hydrogen (secondary N) is 1. The Morgan fingerprint density at radius 1 is 1.15 bits per heavy atom. The van der Waals surface area contributed by atoms with Crippen molar-refractivity contribution in [2.45, 2.75) is 25.8 Å². The van der Waals surface area contributed by atoms with E-state index in [-0.39, 0.29) is 11.9 Å². The minimum Gasteiger partial charge on any atom is -0.350 e. The molecule has 104 valence electrons. The third-order valence-electron chi connectivity index (χ3n) is 3.17. The zero-order valence-electron chi connectivity index (χ0n) is 11.5. The highest BCUT2D eigenvalue weighted by Crippen LogP contribution is 2.09. The van der Waals surface area contributed by atoms with Crippen LogP contribution in [0.2, 0.25) is 0 Å². The summed E-state index contributed by atoms with van der Waals surface area (Å²) in [6.45, 7) is 2.05. The Morgan fingerprint density at radius 2 is 1.90 bits per heavy atom. The van der Waals surface area contributed by atoms with Gasteiger partial charge in [-0.25, -0.2) is 0 Å². The SMILES string of the molecule is CC(CCc1ccccc1)NC(=O)c1cccc(I)c1. The van der Waals surface area contributed by atoms with Crippen LogP contribution in [0.1, 0.15) is 29.3 Å². The van der Waals surface area contributed by atoms with E-state index in [0.717, 1.165) is 22.0 Å². The fourth-order valence-electron chi connectivity index (χ4n) is 2.04. The van der Waals surface area contributed by atoms with Crippen molar-refractivity contribution in [2.24, 2.45) is 0 Å². The molecular weight excluding hydrogens is 361 g/mol. The van der Waals surface area contributed by atoms with Gasteiger partial charge in [0.2, 0.25) is 0 Å². The summed E-state index contributed by atoms with van der Waals surface area (Å²) < 4.78 is 1.08. The zero-order chi connectivity index (χ0) is 14.4. The third kappa shape index (κ3) is 4.63. The van der Waals surface area contributed by atoms with Gasteiger partial charge in [-0.2, -0.15) is 0 Å². The monoisotopic (exact) mass is 379 g/mol. The molecule has 1 unspecified atom stereocenters. The lowest BCUT2D eigenvalue weighted by Gasteiger charge is -2.14. The summed E-state index contributed by atoms with van der Waals surface area (Å²) in [6, 6.07) is 18.2. The van der Waals surface area contributed by atoms with Gasteiger partial charge in [0.1, 0.15) is 0 Å². The number of halogens is 1. The minimum absolute atomic E-state index is 0.00378. The maximum absolute atomic E-state index is 12.1. The quantitative estimate of drug-likeness (QED) is 0.781. The molecule has 2 aromatic rings. The summed E-state index contributed by atoms with van der Waals surface area (Å²) in [4.78, 5) is 12.1.